The molecule has 21 heavy (non-hydrogen) atoms. The molecule has 5 nitrogen and oxygen atoms in total. The number of hydrogen-bond donors (Lipinski definition) is 3. The Kier molecular flexibility index (Phi) is 9.87. The van der Waals surface area contributed by atoms with Crippen LogP contribution in [0, 0.1) is 0 Å². The molecule has 4 atom stereocenters. The van der Waals surface area contributed by atoms with E-state index >= 15 is 0 Å². The lowest BCUT2D eigenvalue weighted by molar-refractivity contribution is -0.0938. The van der Waals surface area contributed by atoms with Gasteiger partial charge in [0.15, 0.2) is 0 Å². The highest BCUT2D eigenvalue weighted by Gasteiger charge is 2.40. The average Bonchev–Trinajstić information content (AvgIpc) is 2.86. The fraction of sp³-hybridized carbons (Fsp3) is 0.875. The zero-order valence-corrected chi connectivity index (χ0v) is 13.0. The van der Waals surface area contributed by atoms with Gasteiger partial charge in [-0.2, -0.15) is 0 Å². The molecule has 0 aromatic heterocycles. The predicted octanol–water partition coefficient (Wildman–Crippen LogP) is 1.40. The summed E-state index contributed by atoms with van der Waals surface area (Å²) in [6, 6.07) is 0. The standard InChI is InChI=1S/C16H30O5/c1-2-3-4-5-6-7-8-9-10-20-16-14(19)12-21-15(16)13(18)11-17/h2-3,13-19H,4-12H2,1H3/b3-2+/t13-,14+,15+,16+/m0/s1. The van der Waals surface area contributed by atoms with Crippen molar-refractivity contribution in [3.05, 3.63) is 12.2 Å². The molecule has 124 valence electrons. The number of unbranched alkanes of at least 4 members (excludes halogenated alkanes) is 5. The van der Waals surface area contributed by atoms with Crippen LogP contribution in [0.15, 0.2) is 12.2 Å². The van der Waals surface area contributed by atoms with E-state index in [1.807, 2.05) is 6.92 Å². The van der Waals surface area contributed by atoms with Gasteiger partial charge in [0.05, 0.1) is 13.2 Å². The molecule has 5 heteroatoms. The highest BCUT2D eigenvalue weighted by atomic mass is 16.6. The van der Waals surface area contributed by atoms with E-state index in [0.717, 1.165) is 19.3 Å². The Morgan fingerprint density at radius 3 is 2.67 bits per heavy atom. The molecule has 0 unspecified atom stereocenters. The summed E-state index contributed by atoms with van der Waals surface area (Å²) in [6.45, 7) is 2.36. The predicted molar refractivity (Wildman–Crippen MR) is 81.1 cm³/mol. The lowest BCUT2D eigenvalue weighted by Crippen LogP contribution is -2.42. The SMILES string of the molecule is C/C=C/CCCCCCCO[C@H]1[C@@H]([C@@H](O)CO)OC[C@H]1O. The molecule has 0 amide bonds. The summed E-state index contributed by atoms with van der Waals surface area (Å²) in [5, 5.41) is 28.4. The van der Waals surface area contributed by atoms with Crippen LogP contribution in [0.2, 0.25) is 0 Å². The maximum absolute atomic E-state index is 9.78. The second-order valence-electron chi connectivity index (χ2n) is 5.58. The Bertz CT molecular complexity index is 282. The van der Waals surface area contributed by atoms with Crippen molar-refractivity contribution < 1.29 is 24.8 Å². The van der Waals surface area contributed by atoms with Gasteiger partial charge in [0.2, 0.25) is 0 Å². The van der Waals surface area contributed by atoms with E-state index in [4.69, 9.17) is 14.6 Å². The van der Waals surface area contributed by atoms with Crippen molar-refractivity contribution in [1.29, 1.82) is 0 Å². The molecule has 0 saturated carbocycles. The third-order valence-corrected chi connectivity index (χ3v) is 3.79. The minimum absolute atomic E-state index is 0.150. The van der Waals surface area contributed by atoms with Gasteiger partial charge in [-0.3, -0.25) is 0 Å². The third-order valence-electron chi connectivity index (χ3n) is 3.79. The highest BCUT2D eigenvalue weighted by Crippen LogP contribution is 2.21. The van der Waals surface area contributed by atoms with Crippen molar-refractivity contribution in [2.45, 2.75) is 69.9 Å². The van der Waals surface area contributed by atoms with Crippen molar-refractivity contribution >= 4 is 0 Å². The third kappa shape index (κ3) is 6.89. The van der Waals surface area contributed by atoms with Gasteiger partial charge in [0.1, 0.15) is 24.4 Å². The van der Waals surface area contributed by atoms with E-state index in [-0.39, 0.29) is 13.2 Å². The topological polar surface area (TPSA) is 79.2 Å². The van der Waals surface area contributed by atoms with Gasteiger partial charge >= 0.3 is 0 Å². The zero-order chi connectivity index (χ0) is 15.5. The minimum atomic E-state index is -1.00. The molecule has 1 fully saturated rings. The van der Waals surface area contributed by atoms with Crippen LogP contribution in [-0.2, 0) is 9.47 Å². The second-order valence-corrected chi connectivity index (χ2v) is 5.58. The van der Waals surface area contributed by atoms with Crippen LogP contribution < -0.4 is 0 Å². The molecular weight excluding hydrogens is 272 g/mol. The maximum atomic E-state index is 9.78. The molecule has 1 aliphatic heterocycles. The van der Waals surface area contributed by atoms with Crippen LogP contribution in [0.4, 0.5) is 0 Å². The molecule has 1 heterocycles. The highest BCUT2D eigenvalue weighted by molar-refractivity contribution is 4.89. The molecule has 0 aromatic rings. The zero-order valence-electron chi connectivity index (χ0n) is 13.0. The molecule has 0 spiro atoms. The van der Waals surface area contributed by atoms with Crippen LogP contribution in [0.3, 0.4) is 0 Å². The molecule has 3 N–H and O–H groups in total. The summed E-state index contributed by atoms with van der Waals surface area (Å²) in [5.41, 5.74) is 0. The molecule has 1 aliphatic rings. The Morgan fingerprint density at radius 1 is 1.24 bits per heavy atom. The number of rotatable bonds is 11. The largest absolute Gasteiger partial charge is 0.394 e. The summed E-state index contributed by atoms with van der Waals surface area (Å²) in [6.07, 6.45) is 8.21. The first-order valence-electron chi connectivity index (χ1n) is 8.02. The van der Waals surface area contributed by atoms with Gasteiger partial charge in [0, 0.05) is 6.61 Å². The smallest absolute Gasteiger partial charge is 0.114 e. The van der Waals surface area contributed by atoms with Crippen LogP contribution >= 0.6 is 0 Å². The van der Waals surface area contributed by atoms with Crippen molar-refractivity contribution in [2.75, 3.05) is 19.8 Å². The van der Waals surface area contributed by atoms with Crippen LogP contribution in [0.25, 0.3) is 0 Å². The minimum Gasteiger partial charge on any atom is -0.394 e. The first kappa shape index (κ1) is 18.6. The van der Waals surface area contributed by atoms with Gasteiger partial charge < -0.3 is 24.8 Å². The van der Waals surface area contributed by atoms with Gasteiger partial charge in [-0.25, -0.2) is 0 Å². The van der Waals surface area contributed by atoms with Gasteiger partial charge in [-0.05, 0) is 26.2 Å². The summed E-state index contributed by atoms with van der Waals surface area (Å²) >= 11 is 0. The fourth-order valence-electron chi connectivity index (χ4n) is 2.54. The van der Waals surface area contributed by atoms with E-state index in [2.05, 4.69) is 12.2 Å². The lowest BCUT2D eigenvalue weighted by atomic mass is 10.1. The van der Waals surface area contributed by atoms with E-state index in [1.54, 1.807) is 0 Å². The fourth-order valence-corrected chi connectivity index (χ4v) is 2.54. The van der Waals surface area contributed by atoms with Crippen LogP contribution in [0.5, 0.6) is 0 Å². The first-order valence-corrected chi connectivity index (χ1v) is 8.02. The molecule has 0 aromatic carbocycles. The Hall–Kier alpha value is -0.460. The average molecular weight is 302 g/mol. The monoisotopic (exact) mass is 302 g/mol. The van der Waals surface area contributed by atoms with E-state index in [9.17, 15) is 10.2 Å². The van der Waals surface area contributed by atoms with Gasteiger partial charge in [-0.15, -0.1) is 0 Å². The Morgan fingerprint density at radius 2 is 1.95 bits per heavy atom. The first-order chi connectivity index (χ1) is 10.2. The van der Waals surface area contributed by atoms with Crippen molar-refractivity contribution in [2.24, 2.45) is 0 Å². The normalized spacial score (nSPS) is 27.5. The number of aliphatic hydroxyl groups excluding tert-OH is 3. The van der Waals surface area contributed by atoms with E-state index in [1.165, 1.54) is 19.3 Å². The Labute approximate surface area is 127 Å². The molecular formula is C16H30O5. The van der Waals surface area contributed by atoms with E-state index in [0.29, 0.717) is 6.61 Å². The Balaban J connectivity index is 2.08. The summed E-state index contributed by atoms with van der Waals surface area (Å²) in [4.78, 5) is 0. The molecule has 0 bridgehead atoms. The van der Waals surface area contributed by atoms with Crippen molar-refractivity contribution in [1.82, 2.24) is 0 Å². The molecule has 0 aliphatic carbocycles. The lowest BCUT2D eigenvalue weighted by Gasteiger charge is -2.23. The molecule has 0 radical (unpaired) electrons. The number of hydrogen-bond acceptors (Lipinski definition) is 5. The number of ether oxygens (including phenoxy) is 2. The van der Waals surface area contributed by atoms with Crippen LogP contribution in [0.1, 0.15) is 45.4 Å². The van der Waals surface area contributed by atoms with Crippen molar-refractivity contribution in [3.63, 3.8) is 0 Å². The van der Waals surface area contributed by atoms with Crippen LogP contribution in [-0.4, -0.2) is 59.6 Å². The molecule has 1 rings (SSSR count). The summed E-state index contributed by atoms with van der Waals surface area (Å²) < 4.78 is 10.9. The van der Waals surface area contributed by atoms with Gasteiger partial charge in [0.25, 0.3) is 0 Å². The second kappa shape index (κ2) is 11.2. The number of aliphatic hydroxyl groups is 3. The summed E-state index contributed by atoms with van der Waals surface area (Å²) in [7, 11) is 0. The molecule has 1 saturated heterocycles. The maximum Gasteiger partial charge on any atom is 0.114 e. The quantitative estimate of drug-likeness (QED) is 0.397. The van der Waals surface area contributed by atoms with Gasteiger partial charge in [-0.1, -0.05) is 31.4 Å². The summed E-state index contributed by atoms with van der Waals surface area (Å²) in [5.74, 6) is 0. The number of allylic oxidation sites excluding steroid dienone is 2. The van der Waals surface area contributed by atoms with Crippen molar-refractivity contribution in [3.8, 4) is 0 Å². The van der Waals surface area contributed by atoms with E-state index < -0.39 is 24.4 Å².